The summed E-state index contributed by atoms with van der Waals surface area (Å²) < 4.78 is 3.54. The van der Waals surface area contributed by atoms with Gasteiger partial charge in [-0.2, -0.15) is 0 Å². The number of hydrogen-bond acceptors (Lipinski definition) is 6. The van der Waals surface area contributed by atoms with Crippen LogP contribution in [-0.4, -0.2) is 45.3 Å². The molecule has 2 fully saturated rings. The molecule has 1 atom stereocenters. The van der Waals surface area contributed by atoms with Crippen molar-refractivity contribution in [1.82, 2.24) is 19.1 Å². The van der Waals surface area contributed by atoms with Gasteiger partial charge in [0.05, 0.1) is 11.2 Å². The number of aryl methyl sites for hydroxylation is 1. The van der Waals surface area contributed by atoms with Gasteiger partial charge in [0.2, 0.25) is 0 Å². The van der Waals surface area contributed by atoms with Crippen LogP contribution < -0.4 is 21.2 Å². The van der Waals surface area contributed by atoms with Crippen molar-refractivity contribution >= 4 is 28.5 Å². The summed E-state index contributed by atoms with van der Waals surface area (Å²) in [7, 11) is 1.82. The molecule has 5 heterocycles. The number of aromatic nitrogens is 4. The molecule has 2 aliphatic rings. The van der Waals surface area contributed by atoms with E-state index in [1.54, 1.807) is 4.57 Å². The first-order valence-corrected chi connectivity index (χ1v) is 11.9. The summed E-state index contributed by atoms with van der Waals surface area (Å²) in [5.41, 5.74) is 8.84. The van der Waals surface area contributed by atoms with E-state index >= 15 is 0 Å². The van der Waals surface area contributed by atoms with Crippen molar-refractivity contribution in [1.29, 1.82) is 0 Å². The zero-order valence-corrected chi connectivity index (χ0v) is 20.2. The molecule has 0 bridgehead atoms. The zero-order valence-electron chi connectivity index (χ0n) is 20.2. The zero-order chi connectivity index (χ0) is 23.4. The third kappa shape index (κ3) is 3.96. The Morgan fingerprint density at radius 3 is 2.64 bits per heavy atom. The fraction of sp³-hybridized carbons (Fsp3) is 0.560. The number of nitrogens with zero attached hydrogens (tertiary/aromatic N) is 6. The Kier molecular flexibility index (Phi) is 5.14. The van der Waals surface area contributed by atoms with E-state index in [0.29, 0.717) is 6.54 Å². The minimum Gasteiger partial charge on any atom is -0.396 e. The van der Waals surface area contributed by atoms with Crippen LogP contribution in [0.5, 0.6) is 0 Å². The van der Waals surface area contributed by atoms with E-state index in [-0.39, 0.29) is 16.5 Å². The Morgan fingerprint density at radius 1 is 1.09 bits per heavy atom. The molecule has 0 amide bonds. The Morgan fingerprint density at radius 2 is 1.88 bits per heavy atom. The fourth-order valence-corrected chi connectivity index (χ4v) is 5.59. The monoisotopic (exact) mass is 449 g/mol. The molecule has 0 aromatic carbocycles. The first kappa shape index (κ1) is 21.8. The highest BCUT2D eigenvalue weighted by molar-refractivity contribution is 5.74. The van der Waals surface area contributed by atoms with Crippen LogP contribution in [0, 0.1) is 10.8 Å². The molecule has 2 N–H and O–H groups in total. The van der Waals surface area contributed by atoms with Crippen molar-refractivity contribution in [2.45, 2.75) is 46.6 Å². The second-order valence-electron chi connectivity index (χ2n) is 11.1. The van der Waals surface area contributed by atoms with Crippen LogP contribution in [0.15, 0.2) is 35.3 Å². The molecule has 8 nitrogen and oxygen atoms in total. The minimum atomic E-state index is -0.000857. The van der Waals surface area contributed by atoms with E-state index in [0.717, 1.165) is 67.5 Å². The molecule has 2 aliphatic heterocycles. The Bertz CT molecular complexity index is 1240. The lowest BCUT2D eigenvalue weighted by Gasteiger charge is -2.41. The van der Waals surface area contributed by atoms with Crippen LogP contribution in [0.2, 0.25) is 0 Å². The van der Waals surface area contributed by atoms with Crippen LogP contribution in [0.25, 0.3) is 11.2 Å². The van der Waals surface area contributed by atoms with Crippen LogP contribution in [-0.2, 0) is 13.6 Å². The standard InChI is InChI=1S/C25H35N7O/c1-24(2,3)15-32-19-8-9-20(28-22(19)29(4)23(32)33)30-13-6-10-25(16-30)11-14-31(17-25)21-18(26)7-5-12-27-21/h5,7-9,12H,6,10-11,13-17,26H2,1-4H3. The molecule has 3 aromatic rings. The van der Waals surface area contributed by atoms with E-state index in [1.807, 2.05) is 29.9 Å². The second-order valence-corrected chi connectivity index (χ2v) is 11.1. The number of pyridine rings is 2. The number of imidazole rings is 1. The normalized spacial score (nSPS) is 21.5. The largest absolute Gasteiger partial charge is 0.396 e. The molecule has 1 unspecified atom stereocenters. The van der Waals surface area contributed by atoms with Gasteiger partial charge in [-0.15, -0.1) is 0 Å². The molecule has 0 saturated carbocycles. The fourth-order valence-electron chi connectivity index (χ4n) is 5.59. The van der Waals surface area contributed by atoms with Gasteiger partial charge in [-0.25, -0.2) is 14.8 Å². The molecule has 2 saturated heterocycles. The molecule has 3 aromatic heterocycles. The predicted molar refractivity (Wildman–Crippen MR) is 134 cm³/mol. The maximum Gasteiger partial charge on any atom is 0.330 e. The van der Waals surface area contributed by atoms with Crippen molar-refractivity contribution in [2.24, 2.45) is 17.9 Å². The summed E-state index contributed by atoms with van der Waals surface area (Å²) in [6, 6.07) is 7.97. The predicted octanol–water partition coefficient (Wildman–Crippen LogP) is 3.26. The summed E-state index contributed by atoms with van der Waals surface area (Å²) >= 11 is 0. The van der Waals surface area contributed by atoms with Crippen LogP contribution in [0.1, 0.15) is 40.0 Å². The van der Waals surface area contributed by atoms with Crippen molar-refractivity contribution in [2.75, 3.05) is 41.7 Å². The quantitative estimate of drug-likeness (QED) is 0.661. The Balaban J connectivity index is 1.41. The molecule has 176 valence electrons. The minimum absolute atomic E-state index is 0.000857. The van der Waals surface area contributed by atoms with Gasteiger partial charge >= 0.3 is 5.69 Å². The number of rotatable bonds is 3. The molecule has 5 rings (SSSR count). The summed E-state index contributed by atoms with van der Waals surface area (Å²) in [6.45, 7) is 11.0. The Labute approximate surface area is 195 Å². The van der Waals surface area contributed by atoms with Gasteiger partial charge in [-0.05, 0) is 48.9 Å². The number of anilines is 3. The van der Waals surface area contributed by atoms with Crippen molar-refractivity contribution in [3.63, 3.8) is 0 Å². The van der Waals surface area contributed by atoms with Crippen LogP contribution in [0.3, 0.4) is 0 Å². The van der Waals surface area contributed by atoms with E-state index < -0.39 is 0 Å². The second kappa shape index (κ2) is 7.78. The first-order chi connectivity index (χ1) is 15.7. The van der Waals surface area contributed by atoms with Gasteiger partial charge in [-0.1, -0.05) is 20.8 Å². The number of fused-ring (bicyclic) bond motifs is 1. The smallest absolute Gasteiger partial charge is 0.330 e. The number of nitrogen functional groups attached to an aromatic ring is 1. The summed E-state index contributed by atoms with van der Waals surface area (Å²) in [5, 5.41) is 0. The molecule has 0 radical (unpaired) electrons. The lowest BCUT2D eigenvalue weighted by atomic mass is 9.79. The average molecular weight is 450 g/mol. The lowest BCUT2D eigenvalue weighted by molar-refractivity contribution is 0.263. The topological polar surface area (TPSA) is 85.2 Å². The van der Waals surface area contributed by atoms with Gasteiger partial charge < -0.3 is 15.5 Å². The third-order valence-corrected chi connectivity index (χ3v) is 7.14. The van der Waals surface area contributed by atoms with Gasteiger partial charge in [-0.3, -0.25) is 9.13 Å². The molecule has 1 spiro atoms. The maximum atomic E-state index is 12.9. The number of nitrogens with two attached hydrogens (primary N) is 1. The maximum absolute atomic E-state index is 12.9. The lowest BCUT2D eigenvalue weighted by Crippen LogP contribution is -2.45. The third-order valence-electron chi connectivity index (χ3n) is 7.14. The van der Waals surface area contributed by atoms with Crippen molar-refractivity contribution < 1.29 is 0 Å². The van der Waals surface area contributed by atoms with E-state index in [9.17, 15) is 4.79 Å². The Hall–Kier alpha value is -3.03. The van der Waals surface area contributed by atoms with E-state index in [1.165, 1.54) is 6.42 Å². The van der Waals surface area contributed by atoms with E-state index in [4.69, 9.17) is 10.7 Å². The molecular formula is C25H35N7O. The summed E-state index contributed by atoms with van der Waals surface area (Å²) in [4.78, 5) is 27.2. The van der Waals surface area contributed by atoms with Crippen LogP contribution >= 0.6 is 0 Å². The molecule has 0 aliphatic carbocycles. The highest BCUT2D eigenvalue weighted by Gasteiger charge is 2.42. The van der Waals surface area contributed by atoms with Gasteiger partial charge in [0.15, 0.2) is 11.5 Å². The van der Waals surface area contributed by atoms with Gasteiger partial charge in [0.1, 0.15) is 5.82 Å². The average Bonchev–Trinajstić information content (AvgIpc) is 3.27. The number of hydrogen-bond donors (Lipinski definition) is 1. The van der Waals surface area contributed by atoms with E-state index in [2.05, 4.69) is 47.7 Å². The highest BCUT2D eigenvalue weighted by Crippen LogP contribution is 2.42. The first-order valence-electron chi connectivity index (χ1n) is 11.9. The van der Waals surface area contributed by atoms with Crippen LogP contribution in [0.4, 0.5) is 17.3 Å². The summed E-state index contributed by atoms with van der Waals surface area (Å²) in [6.07, 6.45) is 5.28. The van der Waals surface area contributed by atoms with Crippen molar-refractivity contribution in [3.8, 4) is 0 Å². The molecular weight excluding hydrogens is 414 g/mol. The SMILES string of the molecule is Cn1c(=O)n(CC(C)(C)C)c2ccc(N3CCCC4(CCN(c5ncccc5N)C4)C3)nc21. The molecule has 33 heavy (non-hydrogen) atoms. The van der Waals surface area contributed by atoms with Gasteiger partial charge in [0.25, 0.3) is 0 Å². The van der Waals surface area contributed by atoms with Crippen molar-refractivity contribution in [3.05, 3.63) is 40.9 Å². The van der Waals surface area contributed by atoms with Gasteiger partial charge in [0, 0.05) is 51.4 Å². The molecule has 8 heteroatoms. The number of piperidine rings is 1. The highest BCUT2D eigenvalue weighted by atomic mass is 16.1. The summed E-state index contributed by atoms with van der Waals surface area (Å²) in [5.74, 6) is 1.86.